The quantitative estimate of drug-likeness (QED) is 0.566. The van der Waals surface area contributed by atoms with Gasteiger partial charge in [0.25, 0.3) is 0 Å². The van der Waals surface area contributed by atoms with Crippen molar-refractivity contribution in [3.63, 3.8) is 0 Å². The van der Waals surface area contributed by atoms with Crippen LogP contribution in [0.5, 0.6) is 0 Å². The first-order valence-corrected chi connectivity index (χ1v) is 7.00. The molecule has 0 bridgehead atoms. The van der Waals surface area contributed by atoms with Crippen molar-refractivity contribution in [1.29, 1.82) is 0 Å². The minimum absolute atomic E-state index is 1.04. The predicted octanol–water partition coefficient (Wildman–Crippen LogP) is 4.31. The van der Waals surface area contributed by atoms with E-state index in [-0.39, 0.29) is 0 Å². The Bertz CT molecular complexity index is 609. The molecule has 1 aromatic carbocycles. The summed E-state index contributed by atoms with van der Waals surface area (Å²) in [5, 5.41) is 0. The summed E-state index contributed by atoms with van der Waals surface area (Å²) in [7, 11) is 2.08. The molecule has 0 unspecified atom stereocenters. The highest BCUT2D eigenvalue weighted by Gasteiger charge is 2.03. The molecule has 0 N–H and O–H groups in total. The van der Waals surface area contributed by atoms with Crippen LogP contribution in [-0.2, 0) is 7.05 Å². The van der Waals surface area contributed by atoms with Crippen LogP contribution in [0.4, 0.5) is 5.69 Å². The summed E-state index contributed by atoms with van der Waals surface area (Å²) in [6.07, 6.45) is 1.96. The summed E-state index contributed by atoms with van der Waals surface area (Å²) in [5.41, 5.74) is 5.94. The van der Waals surface area contributed by atoms with Crippen LogP contribution in [0.2, 0.25) is 0 Å². The van der Waals surface area contributed by atoms with Crippen LogP contribution in [0.15, 0.2) is 29.3 Å². The Morgan fingerprint density at radius 3 is 2.44 bits per heavy atom. The zero-order valence-corrected chi connectivity index (χ0v) is 13.3. The van der Waals surface area contributed by atoms with E-state index < -0.39 is 0 Å². The SMILES string of the molecule is Cc1cc(I)ccc1N=Cc1cc(C)n(C)c1C. The molecule has 0 atom stereocenters. The van der Waals surface area contributed by atoms with Gasteiger partial charge in [0.05, 0.1) is 5.69 Å². The predicted molar refractivity (Wildman–Crippen MR) is 86.0 cm³/mol. The number of rotatable bonds is 2. The van der Waals surface area contributed by atoms with E-state index in [9.17, 15) is 0 Å². The number of aryl methyl sites for hydroxylation is 2. The first kappa shape index (κ1) is 13.3. The topological polar surface area (TPSA) is 17.3 Å². The van der Waals surface area contributed by atoms with E-state index in [1.807, 2.05) is 6.21 Å². The Morgan fingerprint density at radius 1 is 1.17 bits per heavy atom. The highest BCUT2D eigenvalue weighted by atomic mass is 127. The molecule has 1 heterocycles. The summed E-state index contributed by atoms with van der Waals surface area (Å²) in [4.78, 5) is 4.59. The number of aliphatic imine (C=N–C) groups is 1. The van der Waals surface area contributed by atoms with Crippen LogP contribution in [0.1, 0.15) is 22.5 Å². The second kappa shape index (κ2) is 5.26. The highest BCUT2D eigenvalue weighted by molar-refractivity contribution is 14.1. The van der Waals surface area contributed by atoms with Crippen LogP contribution < -0.4 is 0 Å². The molecule has 0 saturated heterocycles. The lowest BCUT2D eigenvalue weighted by Gasteiger charge is -2.01. The van der Waals surface area contributed by atoms with Gasteiger partial charge in [0.15, 0.2) is 0 Å². The number of halogens is 1. The average molecular weight is 352 g/mol. The molecule has 2 aromatic rings. The van der Waals surface area contributed by atoms with Crippen molar-refractivity contribution < 1.29 is 0 Å². The summed E-state index contributed by atoms with van der Waals surface area (Å²) in [5.74, 6) is 0. The molecule has 0 radical (unpaired) electrons. The van der Waals surface area contributed by atoms with E-state index in [1.165, 1.54) is 26.1 Å². The van der Waals surface area contributed by atoms with Gasteiger partial charge in [-0.15, -0.1) is 0 Å². The monoisotopic (exact) mass is 352 g/mol. The van der Waals surface area contributed by atoms with Gasteiger partial charge in [-0.3, -0.25) is 4.99 Å². The Kier molecular flexibility index (Phi) is 3.90. The minimum Gasteiger partial charge on any atom is -0.352 e. The molecule has 0 aliphatic carbocycles. The number of hydrogen-bond acceptors (Lipinski definition) is 1. The van der Waals surface area contributed by atoms with Gasteiger partial charge in [-0.2, -0.15) is 0 Å². The summed E-state index contributed by atoms with van der Waals surface area (Å²) >= 11 is 2.32. The molecule has 1 aromatic heterocycles. The van der Waals surface area contributed by atoms with Gasteiger partial charge >= 0.3 is 0 Å². The molecule has 18 heavy (non-hydrogen) atoms. The van der Waals surface area contributed by atoms with E-state index in [4.69, 9.17) is 0 Å². The van der Waals surface area contributed by atoms with Crippen LogP contribution in [0.3, 0.4) is 0 Å². The van der Waals surface area contributed by atoms with Crippen LogP contribution >= 0.6 is 22.6 Å². The zero-order chi connectivity index (χ0) is 13.3. The molecule has 0 aliphatic rings. The highest BCUT2D eigenvalue weighted by Crippen LogP contribution is 2.21. The Labute approximate surface area is 122 Å². The van der Waals surface area contributed by atoms with Crippen molar-refractivity contribution in [3.8, 4) is 0 Å². The van der Waals surface area contributed by atoms with Gasteiger partial charge in [-0.25, -0.2) is 0 Å². The first-order chi connectivity index (χ1) is 8.49. The fourth-order valence-corrected chi connectivity index (χ4v) is 2.56. The van der Waals surface area contributed by atoms with Crippen molar-refractivity contribution in [2.24, 2.45) is 12.0 Å². The molecule has 94 valence electrons. The van der Waals surface area contributed by atoms with Crippen molar-refractivity contribution >= 4 is 34.5 Å². The van der Waals surface area contributed by atoms with E-state index in [0.717, 1.165) is 5.69 Å². The zero-order valence-electron chi connectivity index (χ0n) is 11.2. The third-order valence-electron chi connectivity index (χ3n) is 3.32. The molecular formula is C15H17IN2. The van der Waals surface area contributed by atoms with Crippen molar-refractivity contribution in [2.45, 2.75) is 20.8 Å². The molecule has 3 heteroatoms. The summed E-state index contributed by atoms with van der Waals surface area (Å²) in [6.45, 7) is 6.33. The van der Waals surface area contributed by atoms with Crippen molar-refractivity contribution in [2.75, 3.05) is 0 Å². The van der Waals surface area contributed by atoms with Gasteiger partial charge in [-0.05, 0) is 73.2 Å². The molecule has 0 amide bonds. The smallest absolute Gasteiger partial charge is 0.0659 e. The maximum atomic E-state index is 4.59. The Morgan fingerprint density at radius 2 is 1.89 bits per heavy atom. The molecule has 0 saturated carbocycles. The molecule has 0 spiro atoms. The lowest BCUT2D eigenvalue weighted by atomic mass is 10.2. The Balaban J connectivity index is 2.33. The molecule has 2 rings (SSSR count). The average Bonchev–Trinajstić information content (AvgIpc) is 2.56. The number of aromatic nitrogens is 1. The van der Waals surface area contributed by atoms with E-state index in [0.29, 0.717) is 0 Å². The fraction of sp³-hybridized carbons (Fsp3) is 0.267. The van der Waals surface area contributed by atoms with Crippen molar-refractivity contribution in [3.05, 3.63) is 50.4 Å². The van der Waals surface area contributed by atoms with Gasteiger partial charge in [0, 0.05) is 33.8 Å². The van der Waals surface area contributed by atoms with Crippen LogP contribution in [0, 0.1) is 24.3 Å². The third-order valence-corrected chi connectivity index (χ3v) is 3.99. The fourth-order valence-electron chi connectivity index (χ4n) is 1.92. The molecular weight excluding hydrogens is 335 g/mol. The van der Waals surface area contributed by atoms with Crippen LogP contribution in [-0.4, -0.2) is 10.8 Å². The standard InChI is InChI=1S/C15H17IN2/c1-10-7-14(16)5-6-15(10)17-9-13-8-11(2)18(4)12(13)3/h5-9H,1-4H3. The number of benzene rings is 1. The summed E-state index contributed by atoms with van der Waals surface area (Å²) in [6, 6.07) is 8.47. The third kappa shape index (κ3) is 2.66. The lowest BCUT2D eigenvalue weighted by molar-refractivity contribution is 0.843. The minimum atomic E-state index is 1.04. The van der Waals surface area contributed by atoms with E-state index in [1.54, 1.807) is 0 Å². The lowest BCUT2D eigenvalue weighted by Crippen LogP contribution is -1.93. The van der Waals surface area contributed by atoms with Gasteiger partial charge in [0.2, 0.25) is 0 Å². The molecule has 0 fully saturated rings. The summed E-state index contributed by atoms with van der Waals surface area (Å²) < 4.78 is 3.43. The molecule has 0 aliphatic heterocycles. The number of hydrogen-bond donors (Lipinski definition) is 0. The van der Waals surface area contributed by atoms with E-state index in [2.05, 4.69) is 84.2 Å². The van der Waals surface area contributed by atoms with E-state index >= 15 is 0 Å². The number of nitrogens with zero attached hydrogens (tertiary/aromatic N) is 2. The second-order valence-corrected chi connectivity index (χ2v) is 5.82. The van der Waals surface area contributed by atoms with Crippen molar-refractivity contribution in [1.82, 2.24) is 4.57 Å². The Hall–Kier alpha value is -1.10. The molecule has 2 nitrogen and oxygen atoms in total. The van der Waals surface area contributed by atoms with Gasteiger partial charge < -0.3 is 4.57 Å². The first-order valence-electron chi connectivity index (χ1n) is 5.92. The normalized spacial score (nSPS) is 11.4. The van der Waals surface area contributed by atoms with Gasteiger partial charge in [0.1, 0.15) is 0 Å². The second-order valence-electron chi connectivity index (χ2n) is 4.57. The van der Waals surface area contributed by atoms with Gasteiger partial charge in [-0.1, -0.05) is 0 Å². The largest absolute Gasteiger partial charge is 0.352 e. The maximum Gasteiger partial charge on any atom is 0.0659 e. The van der Waals surface area contributed by atoms with Crippen LogP contribution in [0.25, 0.3) is 0 Å². The maximum absolute atomic E-state index is 4.59.